The van der Waals surface area contributed by atoms with Crippen molar-refractivity contribution in [2.75, 3.05) is 33.4 Å². The second-order valence-electron chi connectivity index (χ2n) is 7.61. The molecule has 1 aliphatic rings. The van der Waals surface area contributed by atoms with Gasteiger partial charge in [-0.2, -0.15) is 0 Å². The maximum Gasteiger partial charge on any atom is 1.00 e. The molecule has 0 saturated heterocycles. The third-order valence-corrected chi connectivity index (χ3v) is 5.03. The zero-order valence-corrected chi connectivity index (χ0v) is 37.0. The van der Waals surface area contributed by atoms with Crippen molar-refractivity contribution >= 4 is 29.2 Å². The first-order valence-corrected chi connectivity index (χ1v) is 11.2. The molecular weight excluding hydrogens is 681 g/mol. The average molecular weight is 712 g/mol. The third-order valence-electron chi connectivity index (χ3n) is 5.03. The molecule has 0 heterocycles. The van der Waals surface area contributed by atoms with E-state index >= 15 is 0 Å². The Morgan fingerprint density at radius 1 is 0.889 bits per heavy atom. The van der Waals surface area contributed by atoms with Crippen molar-refractivity contribution in [3.05, 3.63) is 57.0 Å². The van der Waals surface area contributed by atoms with Crippen molar-refractivity contribution in [1.82, 2.24) is 5.32 Å². The van der Waals surface area contributed by atoms with Crippen LogP contribution in [0.3, 0.4) is 0 Å². The van der Waals surface area contributed by atoms with Gasteiger partial charge in [0.1, 0.15) is 0 Å². The van der Waals surface area contributed by atoms with Gasteiger partial charge in [-0.05, 0) is 39.0 Å². The van der Waals surface area contributed by atoms with Crippen LogP contribution in [0.2, 0.25) is 0 Å². The molecule has 0 aromatic heterocycles. The van der Waals surface area contributed by atoms with Gasteiger partial charge in [0.25, 0.3) is 0 Å². The first-order chi connectivity index (χ1) is 15.9. The summed E-state index contributed by atoms with van der Waals surface area (Å²) < 4.78 is 5.29. The Hall–Kier alpha value is 2.22. The summed E-state index contributed by atoms with van der Waals surface area (Å²) in [5.41, 5.74) is 2.74. The van der Waals surface area contributed by atoms with Gasteiger partial charge in [-0.1, -0.05) is 24.3 Å². The van der Waals surface area contributed by atoms with Crippen LogP contribution in [0, 0.1) is 0 Å². The van der Waals surface area contributed by atoms with E-state index in [-0.39, 0.29) is 199 Å². The van der Waals surface area contributed by atoms with Crippen LogP contribution in [-0.4, -0.2) is 56.9 Å². The van der Waals surface area contributed by atoms with Crippen molar-refractivity contribution < 1.29 is 198 Å². The number of Topliss-reactive ketones (excluding diaryl/α,β-unsaturated/α-hetero) is 1. The molecule has 2 rings (SSSR count). The van der Waals surface area contributed by atoms with Gasteiger partial charge in [0.2, 0.25) is 0 Å². The van der Waals surface area contributed by atoms with Crippen LogP contribution < -0.4 is 180 Å². The van der Waals surface area contributed by atoms with E-state index in [1.807, 2.05) is 7.05 Å². The van der Waals surface area contributed by atoms with Gasteiger partial charge in [0, 0.05) is 49.4 Å². The van der Waals surface area contributed by atoms with Gasteiger partial charge in [-0.3, -0.25) is 4.79 Å². The summed E-state index contributed by atoms with van der Waals surface area (Å²) in [6, 6.07) is 6.50. The third kappa shape index (κ3) is 16.5. The standard InChI is InChI=1S/C24H34N4O5.3Rb/c1-17(29)26-12-5-14-33-15-13-27-22(30)16-23(31)28-19-10-8-18(9-11-19)24(32)20-6-3-4-7-21(20)25-2;;;/h8-11H,3-7,12-16H2,1-2H3,(H4,25,26,27,28,29,30,31,32);;;/q;3*+1/p-3. The second-order valence-corrected chi connectivity index (χ2v) is 7.61. The normalized spacial score (nSPS) is 12.2. The van der Waals surface area contributed by atoms with E-state index < -0.39 is 18.2 Å². The van der Waals surface area contributed by atoms with E-state index in [0.29, 0.717) is 30.8 Å². The summed E-state index contributed by atoms with van der Waals surface area (Å²) in [6.07, 6.45) is 3.90. The Morgan fingerprint density at radius 2 is 1.56 bits per heavy atom. The van der Waals surface area contributed by atoms with Crippen LogP contribution in [0.4, 0.5) is 5.69 Å². The summed E-state index contributed by atoms with van der Waals surface area (Å²) in [5, 5.41) is 14.5. The summed E-state index contributed by atoms with van der Waals surface area (Å²) in [5.74, 6) is -1.38. The molecule has 1 aromatic rings. The number of nitrogens with zero attached hydrogens (tertiary/aromatic N) is 3. The largest absolute Gasteiger partial charge is 1.00 e. The number of amides is 3. The molecule has 36 heavy (non-hydrogen) atoms. The molecule has 12 heteroatoms. The number of nitrogens with one attached hydrogen (secondary N) is 1. The Kier molecular flexibility index (Phi) is 26.8. The molecule has 0 bridgehead atoms. The van der Waals surface area contributed by atoms with E-state index in [9.17, 15) is 19.2 Å². The zero-order valence-electron chi connectivity index (χ0n) is 22.3. The van der Waals surface area contributed by atoms with E-state index in [1.54, 1.807) is 24.3 Å². The number of carbonyl (C=O) groups excluding carboxylic acids is 4. The molecule has 0 saturated carbocycles. The fourth-order valence-electron chi connectivity index (χ4n) is 3.40. The van der Waals surface area contributed by atoms with Crippen LogP contribution in [0.5, 0.6) is 0 Å². The number of carbonyl (C=O) groups is 4. The van der Waals surface area contributed by atoms with Crippen LogP contribution in [0.1, 0.15) is 55.8 Å². The fraction of sp³-hybridized carbons (Fsp3) is 0.500. The molecule has 0 spiro atoms. The predicted octanol–water partition coefficient (Wildman–Crippen LogP) is -4.92. The monoisotopic (exact) mass is 710 g/mol. The number of allylic oxidation sites excluding steroid dienone is 2. The molecule has 1 N–H and O–H groups in total. The topological polar surface area (TPSA) is 132 Å². The molecule has 0 fully saturated rings. The molecule has 0 aliphatic heterocycles. The molecule has 1 aromatic carbocycles. The molecule has 0 unspecified atom stereocenters. The zero-order chi connectivity index (χ0) is 24.1. The first kappa shape index (κ1) is 40.4. The Morgan fingerprint density at radius 3 is 2.19 bits per heavy atom. The maximum absolute atomic E-state index is 12.8. The predicted molar refractivity (Wildman–Crippen MR) is 126 cm³/mol. The van der Waals surface area contributed by atoms with E-state index in [4.69, 9.17) is 4.74 Å². The molecule has 180 valence electrons. The Bertz CT molecular complexity index is 879. The maximum atomic E-state index is 12.8. The number of hydrogen-bond acceptors (Lipinski definition) is 6. The van der Waals surface area contributed by atoms with Crippen molar-refractivity contribution in [2.24, 2.45) is 0 Å². The smallest absolute Gasteiger partial charge is 0.654 e. The molecule has 0 radical (unpaired) electrons. The summed E-state index contributed by atoms with van der Waals surface area (Å²) in [7, 11) is 1.83. The molecule has 0 atom stereocenters. The van der Waals surface area contributed by atoms with Crippen LogP contribution in [0.15, 0.2) is 35.5 Å². The first-order valence-electron chi connectivity index (χ1n) is 11.2. The number of rotatable bonds is 13. The molecule has 3 amide bonds. The van der Waals surface area contributed by atoms with E-state index in [1.165, 1.54) is 6.92 Å². The van der Waals surface area contributed by atoms with Gasteiger partial charge < -0.3 is 40.4 Å². The van der Waals surface area contributed by atoms with Gasteiger partial charge in [0.05, 0.1) is 11.8 Å². The number of ether oxygens (including phenoxy) is 1. The SMILES string of the molecule is CNC1=C(C(=O)c2ccc([N-]C(=O)CC(=O)[N-]CCOCCC[N-]C(C)=O)cc2)CCCC1.[Rb+].[Rb+].[Rb+]. The van der Waals surface area contributed by atoms with Crippen molar-refractivity contribution in [1.29, 1.82) is 0 Å². The minimum atomic E-state index is -0.595. The van der Waals surface area contributed by atoms with Crippen molar-refractivity contribution in [3.63, 3.8) is 0 Å². The molecule has 9 nitrogen and oxygen atoms in total. The summed E-state index contributed by atoms with van der Waals surface area (Å²) in [4.78, 5) is 47.3. The minimum Gasteiger partial charge on any atom is -0.654 e. The molecular formula is C24H31N4O5Rb3. The second kappa shape index (κ2) is 23.9. The van der Waals surface area contributed by atoms with Crippen LogP contribution in [0.25, 0.3) is 16.0 Å². The average Bonchev–Trinajstić information content (AvgIpc) is 2.80. The minimum absolute atomic E-state index is 0. The summed E-state index contributed by atoms with van der Waals surface area (Å²) >= 11 is 0. The van der Waals surface area contributed by atoms with Gasteiger partial charge in [0.15, 0.2) is 5.78 Å². The molecule has 1 aliphatic carbocycles. The van der Waals surface area contributed by atoms with Crippen LogP contribution >= 0.6 is 0 Å². The quantitative estimate of drug-likeness (QED) is 0.124. The number of ketones is 1. The Labute approximate surface area is 360 Å². The van der Waals surface area contributed by atoms with Crippen LogP contribution in [-0.2, 0) is 19.1 Å². The Balaban J connectivity index is 0. The van der Waals surface area contributed by atoms with Gasteiger partial charge in [-0.15, -0.1) is 18.8 Å². The number of benzene rings is 1. The van der Waals surface area contributed by atoms with Gasteiger partial charge in [-0.25, -0.2) is 0 Å². The van der Waals surface area contributed by atoms with Crippen molar-refractivity contribution in [2.45, 2.75) is 45.4 Å². The van der Waals surface area contributed by atoms with Gasteiger partial charge >= 0.3 is 175 Å². The van der Waals surface area contributed by atoms with E-state index in [0.717, 1.165) is 37.0 Å². The van der Waals surface area contributed by atoms with Crippen molar-refractivity contribution in [3.8, 4) is 0 Å². The van der Waals surface area contributed by atoms with E-state index in [2.05, 4.69) is 21.3 Å². The fourth-order valence-corrected chi connectivity index (χ4v) is 3.40. The summed E-state index contributed by atoms with van der Waals surface area (Å²) in [6.45, 7) is 2.62. The number of hydrogen-bond donors (Lipinski definition) is 1.